The van der Waals surface area contributed by atoms with E-state index in [4.69, 9.17) is 24.1 Å². The lowest BCUT2D eigenvalue weighted by Crippen LogP contribution is -2.60. The van der Waals surface area contributed by atoms with Crippen molar-refractivity contribution in [3.05, 3.63) is 23.8 Å². The van der Waals surface area contributed by atoms with E-state index in [9.17, 15) is 20.4 Å². The van der Waals surface area contributed by atoms with Gasteiger partial charge in [-0.1, -0.05) is 12.2 Å². The molecule has 0 bridgehead atoms. The van der Waals surface area contributed by atoms with Gasteiger partial charge in [-0.25, -0.2) is 0 Å². The lowest BCUT2D eigenvalue weighted by molar-refractivity contribution is -0.277. The normalized spacial score (nSPS) is 29.0. The van der Waals surface area contributed by atoms with E-state index >= 15 is 0 Å². The molecule has 0 saturated carbocycles. The maximum atomic E-state index is 10.1. The minimum absolute atomic E-state index is 0.112. The number of aliphatic hydroxyl groups is 5. The van der Waals surface area contributed by atoms with Crippen molar-refractivity contribution in [2.75, 3.05) is 27.4 Å². The molecule has 1 aromatic carbocycles. The highest BCUT2D eigenvalue weighted by molar-refractivity contribution is 5.62. The molecule has 0 spiro atoms. The SMILES string of the molecule is COc1cc(/C=C\CO)cc(OC)c1O[C@@H]1O[C@H](CO)[C@H](O)[C@@H](O)[C@@H]1O. The molecule has 0 unspecified atom stereocenters. The summed E-state index contributed by atoms with van der Waals surface area (Å²) < 4.78 is 21.6. The summed E-state index contributed by atoms with van der Waals surface area (Å²) in [4.78, 5) is 0. The molecule has 0 aromatic heterocycles. The zero-order chi connectivity index (χ0) is 19.3. The van der Waals surface area contributed by atoms with Gasteiger partial charge in [0.25, 0.3) is 0 Å². The smallest absolute Gasteiger partial charge is 0.229 e. The molecule has 1 fully saturated rings. The quantitative estimate of drug-likeness (QED) is 0.403. The van der Waals surface area contributed by atoms with Crippen LogP contribution in [-0.2, 0) is 4.74 Å². The highest BCUT2D eigenvalue weighted by Gasteiger charge is 2.45. The Kier molecular flexibility index (Phi) is 7.21. The molecule has 1 heterocycles. The van der Waals surface area contributed by atoms with Crippen LogP contribution in [0.5, 0.6) is 17.2 Å². The van der Waals surface area contributed by atoms with Crippen LogP contribution < -0.4 is 14.2 Å². The fraction of sp³-hybridized carbons (Fsp3) is 0.529. The minimum atomic E-state index is -1.56. The fourth-order valence-electron chi connectivity index (χ4n) is 2.58. The third-order valence-corrected chi connectivity index (χ3v) is 3.98. The molecule has 1 aromatic rings. The van der Waals surface area contributed by atoms with E-state index in [1.165, 1.54) is 20.3 Å². The summed E-state index contributed by atoms with van der Waals surface area (Å²) in [6.45, 7) is -0.697. The van der Waals surface area contributed by atoms with E-state index < -0.39 is 37.3 Å². The Morgan fingerprint density at radius 3 is 2.12 bits per heavy atom. The number of methoxy groups -OCH3 is 2. The summed E-state index contributed by atoms with van der Waals surface area (Å²) in [5.41, 5.74) is 0.675. The molecule has 1 saturated heterocycles. The lowest BCUT2D eigenvalue weighted by atomic mass is 9.99. The molecule has 9 heteroatoms. The summed E-state index contributed by atoms with van der Waals surface area (Å²) >= 11 is 0. The number of hydrogen-bond donors (Lipinski definition) is 5. The second-order valence-electron chi connectivity index (χ2n) is 5.65. The van der Waals surface area contributed by atoms with Gasteiger partial charge in [-0.3, -0.25) is 0 Å². The van der Waals surface area contributed by atoms with Crippen LogP contribution in [0.2, 0.25) is 0 Å². The molecule has 5 atom stereocenters. The van der Waals surface area contributed by atoms with Gasteiger partial charge >= 0.3 is 0 Å². The van der Waals surface area contributed by atoms with E-state index in [1.807, 2.05) is 0 Å². The van der Waals surface area contributed by atoms with Crippen molar-refractivity contribution in [3.8, 4) is 17.2 Å². The van der Waals surface area contributed by atoms with E-state index in [2.05, 4.69) is 0 Å². The lowest BCUT2D eigenvalue weighted by Gasteiger charge is -2.39. The average molecular weight is 372 g/mol. The summed E-state index contributed by atoms with van der Waals surface area (Å²) in [7, 11) is 2.82. The predicted octanol–water partition coefficient (Wildman–Crippen LogP) is -1.11. The Bertz CT molecular complexity index is 591. The first-order valence-corrected chi connectivity index (χ1v) is 7.97. The van der Waals surface area contributed by atoms with E-state index in [-0.39, 0.29) is 23.9 Å². The fourth-order valence-corrected chi connectivity index (χ4v) is 2.58. The van der Waals surface area contributed by atoms with E-state index in [0.29, 0.717) is 5.56 Å². The Morgan fingerprint density at radius 2 is 1.62 bits per heavy atom. The van der Waals surface area contributed by atoms with Gasteiger partial charge in [0.05, 0.1) is 27.4 Å². The first kappa shape index (κ1) is 20.4. The largest absolute Gasteiger partial charge is 0.493 e. The molecule has 26 heavy (non-hydrogen) atoms. The molecule has 9 nitrogen and oxygen atoms in total. The third kappa shape index (κ3) is 4.26. The van der Waals surface area contributed by atoms with Crippen molar-refractivity contribution >= 4 is 6.08 Å². The number of rotatable bonds is 7. The molecule has 146 valence electrons. The Balaban J connectivity index is 2.33. The number of hydrogen-bond acceptors (Lipinski definition) is 9. The third-order valence-electron chi connectivity index (χ3n) is 3.98. The van der Waals surface area contributed by atoms with Crippen LogP contribution >= 0.6 is 0 Å². The van der Waals surface area contributed by atoms with Crippen LogP contribution in [-0.4, -0.2) is 83.7 Å². The van der Waals surface area contributed by atoms with Crippen LogP contribution in [0, 0.1) is 0 Å². The van der Waals surface area contributed by atoms with Gasteiger partial charge in [0.15, 0.2) is 11.5 Å². The molecule has 1 aliphatic heterocycles. The molecule has 2 rings (SSSR count). The van der Waals surface area contributed by atoms with Gasteiger partial charge in [-0.05, 0) is 17.7 Å². The van der Waals surface area contributed by atoms with Crippen LogP contribution in [0.15, 0.2) is 18.2 Å². The molecular weight excluding hydrogens is 348 g/mol. The summed E-state index contributed by atoms with van der Waals surface area (Å²) in [6.07, 6.45) is -3.88. The first-order chi connectivity index (χ1) is 12.5. The van der Waals surface area contributed by atoms with Gasteiger partial charge in [0.1, 0.15) is 24.4 Å². The highest BCUT2D eigenvalue weighted by atomic mass is 16.7. The molecule has 0 aliphatic carbocycles. The minimum Gasteiger partial charge on any atom is -0.493 e. The number of benzene rings is 1. The van der Waals surface area contributed by atoms with Crippen molar-refractivity contribution < 1.29 is 44.5 Å². The Hall–Kier alpha value is -1.88. The standard InChI is InChI=1S/C17H24O9/c1-23-10-6-9(4-3-5-18)7-11(24-2)16(10)26-17-15(22)14(21)13(20)12(8-19)25-17/h3-4,6-7,12-15,17-22H,5,8H2,1-2H3/b4-3-/t12-,13+,14-,15+,17+/m1/s1. The first-order valence-electron chi connectivity index (χ1n) is 7.97. The van der Waals surface area contributed by atoms with Crippen molar-refractivity contribution in [3.63, 3.8) is 0 Å². The second kappa shape index (κ2) is 9.17. The van der Waals surface area contributed by atoms with Crippen molar-refractivity contribution in [2.45, 2.75) is 30.7 Å². The van der Waals surface area contributed by atoms with Crippen molar-refractivity contribution in [2.24, 2.45) is 0 Å². The molecule has 1 aliphatic rings. The zero-order valence-corrected chi connectivity index (χ0v) is 14.5. The summed E-state index contributed by atoms with van der Waals surface area (Å²) in [5, 5.41) is 48.0. The summed E-state index contributed by atoms with van der Waals surface area (Å²) in [5.74, 6) is 0.637. The van der Waals surface area contributed by atoms with Gasteiger partial charge in [0, 0.05) is 0 Å². The number of aliphatic hydroxyl groups excluding tert-OH is 5. The predicted molar refractivity (Wildman–Crippen MR) is 90.1 cm³/mol. The van der Waals surface area contributed by atoms with Crippen LogP contribution in [0.3, 0.4) is 0 Å². The maximum absolute atomic E-state index is 10.1. The van der Waals surface area contributed by atoms with Gasteiger partial charge in [-0.2, -0.15) is 0 Å². The van der Waals surface area contributed by atoms with Crippen LogP contribution in [0.25, 0.3) is 6.08 Å². The van der Waals surface area contributed by atoms with Gasteiger partial charge in [0.2, 0.25) is 12.0 Å². The molecule has 0 amide bonds. The van der Waals surface area contributed by atoms with E-state index in [0.717, 1.165) is 0 Å². The Morgan fingerprint density at radius 1 is 1.00 bits per heavy atom. The van der Waals surface area contributed by atoms with Gasteiger partial charge < -0.3 is 44.5 Å². The zero-order valence-electron chi connectivity index (χ0n) is 14.5. The van der Waals surface area contributed by atoms with Crippen LogP contribution in [0.1, 0.15) is 5.56 Å². The summed E-state index contributed by atoms with van der Waals surface area (Å²) in [6, 6.07) is 3.24. The highest BCUT2D eigenvalue weighted by Crippen LogP contribution is 2.40. The maximum Gasteiger partial charge on any atom is 0.229 e. The van der Waals surface area contributed by atoms with Crippen molar-refractivity contribution in [1.82, 2.24) is 0 Å². The second-order valence-corrected chi connectivity index (χ2v) is 5.65. The molecule has 0 radical (unpaired) electrons. The van der Waals surface area contributed by atoms with Crippen LogP contribution in [0.4, 0.5) is 0 Å². The number of ether oxygens (including phenoxy) is 4. The van der Waals surface area contributed by atoms with E-state index in [1.54, 1.807) is 18.2 Å². The monoisotopic (exact) mass is 372 g/mol. The Labute approximate surface area is 150 Å². The van der Waals surface area contributed by atoms with Crippen molar-refractivity contribution in [1.29, 1.82) is 0 Å². The average Bonchev–Trinajstić information content (AvgIpc) is 2.66. The molecular formula is C17H24O9. The topological polar surface area (TPSA) is 138 Å². The van der Waals surface area contributed by atoms with Gasteiger partial charge in [-0.15, -0.1) is 0 Å². The molecule has 5 N–H and O–H groups in total.